The van der Waals surface area contributed by atoms with E-state index in [1.54, 1.807) is 24.3 Å². The molecule has 0 radical (unpaired) electrons. The van der Waals surface area contributed by atoms with Crippen molar-refractivity contribution < 1.29 is 31.1 Å². The van der Waals surface area contributed by atoms with E-state index < -0.39 is 35.6 Å². The molecule has 0 saturated heterocycles. The summed E-state index contributed by atoms with van der Waals surface area (Å²) in [5, 5.41) is 1.08. The summed E-state index contributed by atoms with van der Waals surface area (Å²) in [6, 6.07) is 15.2. The molecule has 0 amide bonds. The summed E-state index contributed by atoms with van der Waals surface area (Å²) in [6.45, 7) is -1.00. The van der Waals surface area contributed by atoms with Crippen LogP contribution in [0, 0.1) is 23.3 Å². The van der Waals surface area contributed by atoms with Crippen molar-refractivity contribution >= 4 is 10.8 Å². The molecule has 0 heterocycles. The fourth-order valence-corrected chi connectivity index (χ4v) is 4.97. The number of hydrogen-bond acceptors (Lipinski definition) is 1. The lowest BCUT2D eigenvalue weighted by molar-refractivity contribution is -0.0522. The zero-order valence-electron chi connectivity index (χ0n) is 22.4. The van der Waals surface area contributed by atoms with Gasteiger partial charge in [0.1, 0.15) is 17.5 Å². The molecule has 0 atom stereocenters. The average Bonchev–Trinajstić information content (AvgIpc) is 2.91. The van der Waals surface area contributed by atoms with Crippen molar-refractivity contribution in [2.24, 2.45) is 0 Å². The molecule has 40 heavy (non-hydrogen) atoms. The third-order valence-corrected chi connectivity index (χ3v) is 7.18. The summed E-state index contributed by atoms with van der Waals surface area (Å²) in [5.74, 6) is -2.89. The van der Waals surface area contributed by atoms with E-state index in [-0.39, 0.29) is 18.4 Å². The summed E-state index contributed by atoms with van der Waals surface area (Å²) < 4.78 is 87.4. The molecule has 0 N–H and O–H groups in total. The van der Waals surface area contributed by atoms with Crippen LogP contribution in [0.2, 0.25) is 0 Å². The smallest absolute Gasteiger partial charge is 0.387 e. The van der Waals surface area contributed by atoms with E-state index in [4.69, 9.17) is 0 Å². The predicted octanol–water partition coefficient (Wildman–Crippen LogP) is 9.69. The predicted molar refractivity (Wildman–Crippen MR) is 146 cm³/mol. The molecule has 212 valence electrons. The van der Waals surface area contributed by atoms with Gasteiger partial charge >= 0.3 is 6.61 Å². The second-order valence-electron chi connectivity index (χ2n) is 10.1. The van der Waals surface area contributed by atoms with Gasteiger partial charge < -0.3 is 4.74 Å². The number of hydrogen-bond donors (Lipinski definition) is 0. The van der Waals surface area contributed by atoms with Gasteiger partial charge in [-0.25, -0.2) is 17.6 Å². The highest BCUT2D eigenvalue weighted by molar-refractivity contribution is 5.84. The second kappa shape index (κ2) is 13.7. The summed E-state index contributed by atoms with van der Waals surface area (Å²) in [4.78, 5) is 0. The minimum absolute atomic E-state index is 0.0594. The first-order valence-electron chi connectivity index (χ1n) is 13.6. The molecule has 0 aliphatic rings. The lowest BCUT2D eigenvalue weighted by Gasteiger charge is -2.11. The van der Waals surface area contributed by atoms with Crippen LogP contribution in [0.3, 0.4) is 0 Å². The van der Waals surface area contributed by atoms with Gasteiger partial charge in [0.05, 0.1) is 0 Å². The Morgan fingerprint density at radius 2 is 1.30 bits per heavy atom. The molecule has 0 saturated carbocycles. The number of aryl methyl sites for hydroxylation is 4. The Morgan fingerprint density at radius 3 is 2.00 bits per heavy atom. The Labute approximate surface area is 230 Å². The minimum atomic E-state index is -3.12. The maximum Gasteiger partial charge on any atom is 0.387 e. The van der Waals surface area contributed by atoms with Crippen molar-refractivity contribution in [1.82, 2.24) is 0 Å². The first-order chi connectivity index (χ1) is 19.2. The normalized spacial score (nSPS) is 11.5. The number of alkyl halides is 2. The largest absolute Gasteiger partial charge is 0.432 e. The summed E-state index contributed by atoms with van der Waals surface area (Å²) in [6.07, 6.45) is 6.01. The molecule has 0 aliphatic carbocycles. The number of rotatable bonds is 13. The molecule has 4 aromatic rings. The van der Waals surface area contributed by atoms with E-state index in [1.165, 1.54) is 18.2 Å². The molecule has 0 aromatic heterocycles. The lowest BCUT2D eigenvalue weighted by Crippen LogP contribution is -2.04. The van der Waals surface area contributed by atoms with Gasteiger partial charge in [0.2, 0.25) is 0 Å². The van der Waals surface area contributed by atoms with E-state index >= 15 is 4.39 Å². The molecule has 4 rings (SSSR count). The lowest BCUT2D eigenvalue weighted by atomic mass is 9.96. The van der Waals surface area contributed by atoms with Crippen molar-refractivity contribution in [1.29, 1.82) is 0 Å². The zero-order chi connectivity index (χ0) is 28.6. The van der Waals surface area contributed by atoms with Crippen molar-refractivity contribution in [3.8, 4) is 5.75 Å². The van der Waals surface area contributed by atoms with Crippen LogP contribution in [0.15, 0.2) is 60.7 Å². The maximum absolute atomic E-state index is 15.2. The Bertz CT molecular complexity index is 1430. The maximum atomic E-state index is 15.2. The van der Waals surface area contributed by atoms with Crippen LogP contribution in [0.5, 0.6) is 5.75 Å². The Kier molecular flexibility index (Phi) is 10.1. The standard InChI is InChI=1S/C33H32F6O/c1-2-3-4-5-6-23-19-28(34)27(29(35)20-23)15-9-21-8-14-26-25(17-21)13-12-24(32(26)37)11-7-22-10-16-31(30(36)18-22)40-33(38)39/h8,10,12-14,16-20,33H,2-7,9,11,15H2,1H3. The van der Waals surface area contributed by atoms with Crippen molar-refractivity contribution in [3.05, 3.63) is 112 Å². The van der Waals surface area contributed by atoms with Gasteiger partial charge in [0.15, 0.2) is 11.6 Å². The number of fused-ring (bicyclic) bond motifs is 1. The van der Waals surface area contributed by atoms with Gasteiger partial charge in [-0.3, -0.25) is 0 Å². The van der Waals surface area contributed by atoms with Crippen LogP contribution in [-0.2, 0) is 32.1 Å². The third-order valence-electron chi connectivity index (χ3n) is 7.18. The second-order valence-corrected chi connectivity index (χ2v) is 10.1. The van der Waals surface area contributed by atoms with E-state index in [0.717, 1.165) is 43.4 Å². The Hall–Kier alpha value is -3.48. The summed E-state index contributed by atoms with van der Waals surface area (Å²) in [5.41, 5.74) is 2.54. The summed E-state index contributed by atoms with van der Waals surface area (Å²) >= 11 is 0. The highest BCUT2D eigenvalue weighted by Crippen LogP contribution is 2.26. The number of benzene rings is 4. The van der Waals surface area contributed by atoms with Crippen molar-refractivity contribution in [3.63, 3.8) is 0 Å². The number of ether oxygens (including phenoxy) is 1. The average molecular weight is 559 g/mol. The first kappa shape index (κ1) is 29.5. The molecular formula is C33H32F6O. The first-order valence-corrected chi connectivity index (χ1v) is 13.6. The molecule has 1 nitrogen and oxygen atoms in total. The van der Waals surface area contributed by atoms with Crippen LogP contribution in [0.1, 0.15) is 60.4 Å². The van der Waals surface area contributed by atoms with E-state index in [2.05, 4.69) is 11.7 Å². The van der Waals surface area contributed by atoms with Crippen LogP contribution in [0.25, 0.3) is 10.8 Å². The highest BCUT2D eigenvalue weighted by atomic mass is 19.3. The Morgan fingerprint density at radius 1 is 0.625 bits per heavy atom. The van der Waals surface area contributed by atoms with E-state index in [0.29, 0.717) is 46.7 Å². The monoisotopic (exact) mass is 558 g/mol. The van der Waals surface area contributed by atoms with Crippen LogP contribution in [-0.4, -0.2) is 6.61 Å². The molecule has 0 fully saturated rings. The van der Waals surface area contributed by atoms with Gasteiger partial charge in [-0.05, 0) is 90.4 Å². The molecule has 0 spiro atoms. The molecule has 0 bridgehead atoms. The van der Waals surface area contributed by atoms with E-state index in [9.17, 15) is 22.0 Å². The fourth-order valence-electron chi connectivity index (χ4n) is 4.97. The van der Waals surface area contributed by atoms with Crippen LogP contribution >= 0.6 is 0 Å². The quantitative estimate of drug-likeness (QED) is 0.117. The van der Waals surface area contributed by atoms with Crippen LogP contribution in [0.4, 0.5) is 26.3 Å². The van der Waals surface area contributed by atoms with Crippen molar-refractivity contribution in [2.75, 3.05) is 0 Å². The molecule has 7 heteroatoms. The highest BCUT2D eigenvalue weighted by Gasteiger charge is 2.14. The molecular weight excluding hydrogens is 526 g/mol. The van der Waals surface area contributed by atoms with E-state index in [1.807, 2.05) is 6.07 Å². The van der Waals surface area contributed by atoms with Gasteiger partial charge in [0, 0.05) is 10.9 Å². The van der Waals surface area contributed by atoms with Gasteiger partial charge in [0.25, 0.3) is 0 Å². The SMILES string of the molecule is CCCCCCc1cc(F)c(CCc2ccc3c(F)c(CCc4ccc(OC(F)F)c(F)c4)ccc3c2)c(F)c1. The number of unbranched alkanes of at least 4 members (excludes halogenated alkanes) is 3. The van der Waals surface area contributed by atoms with Gasteiger partial charge in [-0.15, -0.1) is 0 Å². The molecule has 0 unspecified atom stereocenters. The fraction of sp³-hybridized carbons (Fsp3) is 0.333. The van der Waals surface area contributed by atoms with Crippen molar-refractivity contribution in [2.45, 2.75) is 71.3 Å². The molecule has 4 aromatic carbocycles. The van der Waals surface area contributed by atoms with Gasteiger partial charge in [-0.1, -0.05) is 62.6 Å². The number of halogens is 6. The molecule has 0 aliphatic heterocycles. The van der Waals surface area contributed by atoms with Gasteiger partial charge in [-0.2, -0.15) is 8.78 Å². The topological polar surface area (TPSA) is 9.23 Å². The summed E-state index contributed by atoms with van der Waals surface area (Å²) in [7, 11) is 0. The zero-order valence-corrected chi connectivity index (χ0v) is 22.4. The minimum Gasteiger partial charge on any atom is -0.432 e. The Balaban J connectivity index is 1.40. The van der Waals surface area contributed by atoms with Crippen LogP contribution < -0.4 is 4.74 Å². The third kappa shape index (κ3) is 7.58.